The molecule has 0 bridgehead atoms. The van der Waals surface area contributed by atoms with Crippen molar-refractivity contribution >= 4 is 17.3 Å². The Bertz CT molecular complexity index is 659. The third-order valence-corrected chi connectivity index (χ3v) is 3.74. The number of carbonyl (C=O) groups excluding carboxylic acids is 1. The van der Waals surface area contributed by atoms with Gasteiger partial charge >= 0.3 is 0 Å². The Morgan fingerprint density at radius 1 is 1.08 bits per heavy atom. The van der Waals surface area contributed by atoms with Crippen LogP contribution < -0.4 is 15.0 Å². The van der Waals surface area contributed by atoms with Crippen molar-refractivity contribution in [2.75, 3.05) is 29.9 Å². The van der Waals surface area contributed by atoms with Crippen molar-refractivity contribution in [2.24, 2.45) is 0 Å². The zero-order valence-corrected chi connectivity index (χ0v) is 14.3. The Kier molecular flexibility index (Phi) is 6.43. The van der Waals surface area contributed by atoms with Crippen molar-refractivity contribution in [3.63, 3.8) is 0 Å². The van der Waals surface area contributed by atoms with E-state index >= 15 is 0 Å². The van der Waals surface area contributed by atoms with Gasteiger partial charge in [0.05, 0.1) is 0 Å². The smallest absolute Gasteiger partial charge is 0.255 e. The molecule has 4 heteroatoms. The molecular formula is C20H24N2O2. The summed E-state index contributed by atoms with van der Waals surface area (Å²) in [5.74, 6) is 0.580. The fourth-order valence-electron chi connectivity index (χ4n) is 2.41. The number of hydrogen-bond donors (Lipinski definition) is 1. The van der Waals surface area contributed by atoms with Crippen LogP contribution in [0.4, 0.5) is 11.4 Å². The van der Waals surface area contributed by atoms with Gasteiger partial charge in [-0.3, -0.25) is 4.79 Å². The SMILES string of the molecule is C=CCOc1ccc(C(=O)Nc2ccc(N(CC)CC)cc2)cc1. The van der Waals surface area contributed by atoms with E-state index < -0.39 is 0 Å². The molecule has 0 aliphatic carbocycles. The van der Waals surface area contributed by atoms with E-state index in [0.29, 0.717) is 12.2 Å². The molecule has 1 amide bonds. The summed E-state index contributed by atoms with van der Waals surface area (Å²) >= 11 is 0. The fourth-order valence-corrected chi connectivity index (χ4v) is 2.41. The molecule has 2 aromatic rings. The predicted molar refractivity (Wildman–Crippen MR) is 100 cm³/mol. The zero-order valence-electron chi connectivity index (χ0n) is 14.3. The van der Waals surface area contributed by atoms with E-state index in [0.717, 1.165) is 30.2 Å². The molecule has 0 radical (unpaired) electrons. The van der Waals surface area contributed by atoms with Crippen molar-refractivity contribution in [2.45, 2.75) is 13.8 Å². The highest BCUT2D eigenvalue weighted by Gasteiger charge is 2.07. The normalized spacial score (nSPS) is 10.1. The number of rotatable bonds is 8. The van der Waals surface area contributed by atoms with Crippen molar-refractivity contribution in [1.29, 1.82) is 0 Å². The second-order valence-electron chi connectivity index (χ2n) is 5.30. The number of hydrogen-bond acceptors (Lipinski definition) is 3. The van der Waals surface area contributed by atoms with E-state index in [-0.39, 0.29) is 5.91 Å². The van der Waals surface area contributed by atoms with Gasteiger partial charge < -0.3 is 15.0 Å². The predicted octanol–water partition coefficient (Wildman–Crippen LogP) is 4.35. The highest BCUT2D eigenvalue weighted by Crippen LogP contribution is 2.19. The lowest BCUT2D eigenvalue weighted by molar-refractivity contribution is 0.102. The summed E-state index contributed by atoms with van der Waals surface area (Å²) in [6.07, 6.45) is 1.68. The maximum Gasteiger partial charge on any atom is 0.255 e. The highest BCUT2D eigenvalue weighted by molar-refractivity contribution is 6.04. The molecule has 0 saturated heterocycles. The number of anilines is 2. The molecule has 0 aliphatic rings. The lowest BCUT2D eigenvalue weighted by Crippen LogP contribution is -2.21. The molecule has 2 rings (SSSR count). The summed E-state index contributed by atoms with van der Waals surface area (Å²) in [4.78, 5) is 14.5. The zero-order chi connectivity index (χ0) is 17.4. The number of ether oxygens (including phenoxy) is 1. The maximum atomic E-state index is 12.3. The first-order valence-electron chi connectivity index (χ1n) is 8.18. The van der Waals surface area contributed by atoms with E-state index in [1.807, 2.05) is 24.3 Å². The van der Waals surface area contributed by atoms with Gasteiger partial charge in [-0.15, -0.1) is 0 Å². The van der Waals surface area contributed by atoms with E-state index in [1.165, 1.54) is 0 Å². The Labute approximate surface area is 143 Å². The monoisotopic (exact) mass is 324 g/mol. The van der Waals surface area contributed by atoms with Gasteiger partial charge in [0, 0.05) is 30.0 Å². The maximum absolute atomic E-state index is 12.3. The third-order valence-electron chi connectivity index (χ3n) is 3.74. The van der Waals surface area contributed by atoms with E-state index in [4.69, 9.17) is 4.74 Å². The summed E-state index contributed by atoms with van der Waals surface area (Å²) in [6, 6.07) is 14.9. The first-order chi connectivity index (χ1) is 11.7. The molecule has 0 atom stereocenters. The van der Waals surface area contributed by atoms with Gasteiger partial charge in [-0.25, -0.2) is 0 Å². The summed E-state index contributed by atoms with van der Waals surface area (Å²) < 4.78 is 5.41. The molecular weight excluding hydrogens is 300 g/mol. The first-order valence-corrected chi connectivity index (χ1v) is 8.18. The molecule has 0 saturated carbocycles. The minimum atomic E-state index is -0.138. The lowest BCUT2D eigenvalue weighted by Gasteiger charge is -2.21. The molecule has 4 nitrogen and oxygen atoms in total. The van der Waals surface area contributed by atoms with Crippen molar-refractivity contribution in [1.82, 2.24) is 0 Å². The summed E-state index contributed by atoms with van der Waals surface area (Å²) in [5.41, 5.74) is 2.53. The Morgan fingerprint density at radius 3 is 2.25 bits per heavy atom. The molecule has 24 heavy (non-hydrogen) atoms. The largest absolute Gasteiger partial charge is 0.490 e. The van der Waals surface area contributed by atoms with E-state index in [2.05, 4.69) is 30.6 Å². The first kappa shape index (κ1) is 17.6. The number of carbonyl (C=O) groups is 1. The fraction of sp³-hybridized carbons (Fsp3) is 0.250. The van der Waals surface area contributed by atoms with Gasteiger partial charge in [0.2, 0.25) is 0 Å². The molecule has 2 aromatic carbocycles. The minimum absolute atomic E-state index is 0.138. The molecule has 0 spiro atoms. The van der Waals surface area contributed by atoms with Gasteiger partial charge in [-0.2, -0.15) is 0 Å². The average molecular weight is 324 g/mol. The molecule has 0 fully saturated rings. The molecule has 0 aliphatic heterocycles. The topological polar surface area (TPSA) is 41.6 Å². The van der Waals surface area contributed by atoms with Gasteiger partial charge in [-0.05, 0) is 62.4 Å². The molecule has 1 N–H and O–H groups in total. The lowest BCUT2D eigenvalue weighted by atomic mass is 10.2. The second kappa shape index (κ2) is 8.77. The van der Waals surface area contributed by atoms with E-state index in [1.54, 1.807) is 30.3 Å². The number of nitrogens with one attached hydrogen (secondary N) is 1. The Hall–Kier alpha value is -2.75. The van der Waals surface area contributed by atoms with E-state index in [9.17, 15) is 4.79 Å². The van der Waals surface area contributed by atoms with Crippen molar-refractivity contribution in [3.8, 4) is 5.75 Å². The molecule has 0 heterocycles. The van der Waals surface area contributed by atoms with Crippen LogP contribution in [-0.4, -0.2) is 25.6 Å². The average Bonchev–Trinajstić information content (AvgIpc) is 2.62. The summed E-state index contributed by atoms with van der Waals surface area (Å²) in [6.45, 7) is 10.2. The van der Waals surface area contributed by atoms with Crippen LogP contribution in [0.25, 0.3) is 0 Å². The quantitative estimate of drug-likeness (QED) is 0.734. The second-order valence-corrected chi connectivity index (χ2v) is 5.30. The van der Waals surface area contributed by atoms with Crippen LogP contribution >= 0.6 is 0 Å². The number of benzene rings is 2. The van der Waals surface area contributed by atoms with Gasteiger partial charge in [0.1, 0.15) is 12.4 Å². The molecule has 126 valence electrons. The minimum Gasteiger partial charge on any atom is -0.490 e. The standard InChI is InChI=1S/C20H24N2O2/c1-4-15-24-19-13-7-16(8-14-19)20(23)21-17-9-11-18(12-10-17)22(5-2)6-3/h4,7-14H,1,5-6,15H2,2-3H3,(H,21,23). The van der Waals surface area contributed by atoms with Crippen LogP contribution in [-0.2, 0) is 0 Å². The van der Waals surface area contributed by atoms with Crippen LogP contribution in [0.2, 0.25) is 0 Å². The summed E-state index contributed by atoms with van der Waals surface area (Å²) in [5, 5.41) is 2.91. The van der Waals surface area contributed by atoms with Crippen molar-refractivity contribution < 1.29 is 9.53 Å². The van der Waals surface area contributed by atoms with Crippen LogP contribution in [0, 0.1) is 0 Å². The van der Waals surface area contributed by atoms with Crippen LogP contribution in [0.15, 0.2) is 61.2 Å². The highest BCUT2D eigenvalue weighted by atomic mass is 16.5. The molecule has 0 unspecified atom stereocenters. The number of amides is 1. The summed E-state index contributed by atoms with van der Waals surface area (Å²) in [7, 11) is 0. The third kappa shape index (κ3) is 4.62. The van der Waals surface area contributed by atoms with Crippen LogP contribution in [0.5, 0.6) is 5.75 Å². The van der Waals surface area contributed by atoms with Gasteiger partial charge in [-0.1, -0.05) is 12.7 Å². The Morgan fingerprint density at radius 2 is 1.71 bits per heavy atom. The Balaban J connectivity index is 2.00. The molecule has 0 aromatic heterocycles. The van der Waals surface area contributed by atoms with Gasteiger partial charge in [0.15, 0.2) is 0 Å². The van der Waals surface area contributed by atoms with Crippen LogP contribution in [0.1, 0.15) is 24.2 Å². The number of nitrogens with zero attached hydrogens (tertiary/aromatic N) is 1. The van der Waals surface area contributed by atoms with Crippen molar-refractivity contribution in [3.05, 3.63) is 66.7 Å². The van der Waals surface area contributed by atoms with Crippen LogP contribution in [0.3, 0.4) is 0 Å². The van der Waals surface area contributed by atoms with Gasteiger partial charge in [0.25, 0.3) is 5.91 Å².